The van der Waals surface area contributed by atoms with E-state index in [-0.39, 0.29) is 25.9 Å². The average molecular weight is 406 g/mol. The fraction of sp³-hybridized carbons (Fsp3) is 1.00. The predicted molar refractivity (Wildman–Crippen MR) is 79.7 cm³/mol. The van der Waals surface area contributed by atoms with Crippen LogP contribution in [0, 0.1) is 0 Å². The molecular formula is C8H10Cl8O. The number of hydrogen-bond donors (Lipinski definition) is 1. The molecule has 17 heavy (non-hydrogen) atoms. The maximum absolute atomic E-state index is 8.80. The molecule has 0 rings (SSSR count). The molecular weight excluding hydrogens is 396 g/mol. The molecule has 0 fully saturated rings. The van der Waals surface area contributed by atoms with E-state index in [0.717, 1.165) is 0 Å². The van der Waals surface area contributed by atoms with Crippen LogP contribution in [0.1, 0.15) is 19.3 Å². The summed E-state index contributed by atoms with van der Waals surface area (Å²) < 4.78 is -4.32. The minimum absolute atomic E-state index is 0.0522. The van der Waals surface area contributed by atoms with E-state index >= 15 is 0 Å². The SMILES string of the molecule is OCC(Cl)CC(Cl)(Cl)CC(Cl)(Cl)CC(Cl)(Cl)Cl. The highest BCUT2D eigenvalue weighted by Crippen LogP contribution is 2.48. The predicted octanol–water partition coefficient (Wildman–Crippen LogP) is 5.47. The van der Waals surface area contributed by atoms with Crippen LogP contribution in [0.4, 0.5) is 0 Å². The maximum atomic E-state index is 8.80. The van der Waals surface area contributed by atoms with E-state index < -0.39 is 17.8 Å². The molecule has 1 atom stereocenters. The molecule has 1 N–H and O–H groups in total. The minimum Gasteiger partial charge on any atom is -0.395 e. The largest absolute Gasteiger partial charge is 0.395 e. The highest BCUT2D eigenvalue weighted by Gasteiger charge is 2.42. The van der Waals surface area contributed by atoms with Crippen molar-refractivity contribution in [3.05, 3.63) is 0 Å². The fourth-order valence-corrected chi connectivity index (χ4v) is 4.67. The molecule has 0 spiro atoms. The van der Waals surface area contributed by atoms with Gasteiger partial charge in [0.25, 0.3) is 0 Å². The number of halogens is 8. The smallest absolute Gasteiger partial charge is 0.193 e. The van der Waals surface area contributed by atoms with E-state index in [4.69, 9.17) is 97.9 Å². The molecule has 1 nitrogen and oxygen atoms in total. The highest BCUT2D eigenvalue weighted by atomic mass is 35.6. The lowest BCUT2D eigenvalue weighted by Gasteiger charge is -2.30. The van der Waals surface area contributed by atoms with Gasteiger partial charge in [-0.1, -0.05) is 34.8 Å². The fourth-order valence-electron chi connectivity index (χ4n) is 1.19. The first kappa shape index (κ1) is 19.3. The number of aliphatic hydroxyl groups is 1. The van der Waals surface area contributed by atoms with Crippen molar-refractivity contribution in [3.8, 4) is 0 Å². The summed E-state index contributed by atoms with van der Waals surface area (Å²) in [5.74, 6) is 0. The van der Waals surface area contributed by atoms with E-state index in [1.165, 1.54) is 0 Å². The maximum Gasteiger partial charge on any atom is 0.193 e. The third-order valence-corrected chi connectivity index (χ3v) is 3.50. The van der Waals surface area contributed by atoms with Crippen LogP contribution < -0.4 is 0 Å². The Bertz CT molecular complexity index is 236. The topological polar surface area (TPSA) is 20.2 Å². The molecule has 0 saturated heterocycles. The molecule has 0 amide bonds. The van der Waals surface area contributed by atoms with E-state index in [1.54, 1.807) is 0 Å². The Labute approximate surface area is 141 Å². The van der Waals surface area contributed by atoms with Gasteiger partial charge >= 0.3 is 0 Å². The number of aliphatic hydroxyl groups excluding tert-OH is 1. The average Bonchev–Trinajstić information content (AvgIpc) is 1.94. The van der Waals surface area contributed by atoms with Gasteiger partial charge in [-0.3, -0.25) is 0 Å². The van der Waals surface area contributed by atoms with Crippen LogP contribution in [-0.2, 0) is 0 Å². The van der Waals surface area contributed by atoms with Crippen LogP contribution >= 0.6 is 92.8 Å². The zero-order valence-electron chi connectivity index (χ0n) is 8.38. The van der Waals surface area contributed by atoms with Crippen LogP contribution in [0.5, 0.6) is 0 Å². The zero-order chi connectivity index (χ0) is 13.9. The lowest BCUT2D eigenvalue weighted by atomic mass is 10.1. The van der Waals surface area contributed by atoms with Crippen LogP contribution in [0.25, 0.3) is 0 Å². The number of hydrogen-bond acceptors (Lipinski definition) is 1. The normalized spacial score (nSPS) is 16.1. The van der Waals surface area contributed by atoms with Gasteiger partial charge in [-0.2, -0.15) is 0 Å². The van der Waals surface area contributed by atoms with Crippen molar-refractivity contribution in [2.45, 2.75) is 37.1 Å². The molecule has 0 radical (unpaired) electrons. The van der Waals surface area contributed by atoms with Gasteiger partial charge in [-0.15, -0.1) is 58.0 Å². The molecule has 0 bridgehead atoms. The molecule has 0 saturated carbocycles. The molecule has 0 aromatic carbocycles. The zero-order valence-corrected chi connectivity index (χ0v) is 14.4. The van der Waals surface area contributed by atoms with E-state index in [2.05, 4.69) is 0 Å². The van der Waals surface area contributed by atoms with Gasteiger partial charge in [0.1, 0.15) is 8.67 Å². The second kappa shape index (κ2) is 7.33. The van der Waals surface area contributed by atoms with Crippen molar-refractivity contribution >= 4 is 92.8 Å². The Hall–Kier alpha value is 2.28. The van der Waals surface area contributed by atoms with E-state index in [0.29, 0.717) is 0 Å². The summed E-state index contributed by atoms with van der Waals surface area (Å²) in [6, 6.07) is 0. The summed E-state index contributed by atoms with van der Waals surface area (Å²) in [5, 5.41) is 8.21. The van der Waals surface area contributed by atoms with Gasteiger partial charge in [0, 0.05) is 12.8 Å². The minimum atomic E-state index is -1.61. The second-order valence-electron chi connectivity index (χ2n) is 3.66. The monoisotopic (exact) mass is 402 g/mol. The van der Waals surface area contributed by atoms with Crippen LogP contribution in [-0.4, -0.2) is 29.5 Å². The van der Waals surface area contributed by atoms with E-state index in [1.807, 2.05) is 0 Å². The Morgan fingerprint density at radius 3 is 1.65 bits per heavy atom. The van der Waals surface area contributed by atoms with Crippen molar-refractivity contribution in [2.75, 3.05) is 6.61 Å². The molecule has 0 aromatic rings. The van der Waals surface area contributed by atoms with Crippen molar-refractivity contribution in [2.24, 2.45) is 0 Å². The van der Waals surface area contributed by atoms with Crippen LogP contribution in [0.3, 0.4) is 0 Å². The van der Waals surface area contributed by atoms with Gasteiger partial charge < -0.3 is 5.11 Å². The van der Waals surface area contributed by atoms with Gasteiger partial charge in [0.15, 0.2) is 3.79 Å². The lowest BCUT2D eigenvalue weighted by Crippen LogP contribution is -2.31. The Balaban J connectivity index is 4.47. The molecule has 0 aliphatic carbocycles. The summed E-state index contributed by atoms with van der Waals surface area (Å²) in [6.07, 6.45) is -0.0837. The summed E-state index contributed by atoms with van der Waals surface area (Å²) in [7, 11) is 0. The number of alkyl halides is 8. The Morgan fingerprint density at radius 1 is 0.824 bits per heavy atom. The first-order chi connectivity index (χ1) is 7.37. The molecule has 0 aliphatic heterocycles. The van der Waals surface area contributed by atoms with Crippen molar-refractivity contribution in [3.63, 3.8) is 0 Å². The molecule has 9 heteroatoms. The quantitative estimate of drug-likeness (QED) is 0.581. The van der Waals surface area contributed by atoms with Gasteiger partial charge in [0.05, 0.1) is 12.0 Å². The summed E-state index contributed by atoms with van der Waals surface area (Å²) in [5.41, 5.74) is 0. The van der Waals surface area contributed by atoms with E-state index in [9.17, 15) is 0 Å². The van der Waals surface area contributed by atoms with Gasteiger partial charge in [-0.05, 0) is 6.42 Å². The van der Waals surface area contributed by atoms with Crippen LogP contribution in [0.2, 0.25) is 0 Å². The molecule has 1 unspecified atom stereocenters. The van der Waals surface area contributed by atoms with Crippen molar-refractivity contribution in [1.82, 2.24) is 0 Å². The third kappa shape index (κ3) is 10.7. The first-order valence-corrected chi connectivity index (χ1v) is 7.52. The van der Waals surface area contributed by atoms with Gasteiger partial charge in [-0.25, -0.2) is 0 Å². The molecule has 0 aliphatic rings. The highest BCUT2D eigenvalue weighted by molar-refractivity contribution is 6.68. The molecule has 0 heterocycles. The van der Waals surface area contributed by atoms with Crippen LogP contribution in [0.15, 0.2) is 0 Å². The van der Waals surface area contributed by atoms with Gasteiger partial charge in [0.2, 0.25) is 0 Å². The Morgan fingerprint density at radius 2 is 1.29 bits per heavy atom. The standard InChI is InChI=1S/C8H10Cl8O/c9-5(2-17)1-6(10,11)3-7(12,13)4-8(14,15)16/h5,17H,1-4H2. The summed E-state index contributed by atoms with van der Waals surface area (Å²) in [6.45, 7) is -0.259. The second-order valence-corrected chi connectivity index (χ2v) is 10.1. The molecule has 104 valence electrons. The molecule has 0 aromatic heterocycles. The third-order valence-electron chi connectivity index (χ3n) is 1.69. The lowest BCUT2D eigenvalue weighted by molar-refractivity contribution is 0.284. The van der Waals surface area contributed by atoms with Crippen molar-refractivity contribution < 1.29 is 5.11 Å². The number of rotatable bonds is 6. The first-order valence-electron chi connectivity index (χ1n) is 4.44. The Kier molecular flexibility index (Phi) is 8.32. The summed E-state index contributed by atoms with van der Waals surface area (Å²) in [4.78, 5) is 0. The van der Waals surface area contributed by atoms with Crippen molar-refractivity contribution in [1.29, 1.82) is 0 Å². The summed E-state index contributed by atoms with van der Waals surface area (Å²) >= 11 is 46.4.